The fourth-order valence-electron chi connectivity index (χ4n) is 1.31. The SMILES string of the molecule is O=C(O)C(CNCCCn1ccnn1)C(F)(F)F. The predicted octanol–water partition coefficient (Wildman–Crippen LogP) is 0.521. The number of hydrogen-bond donors (Lipinski definition) is 2. The molecule has 1 unspecified atom stereocenters. The zero-order chi connectivity index (χ0) is 13.6. The predicted molar refractivity (Wildman–Crippen MR) is 54.7 cm³/mol. The summed E-state index contributed by atoms with van der Waals surface area (Å²) in [5, 5.41) is 18.2. The van der Waals surface area contributed by atoms with Gasteiger partial charge in [0.1, 0.15) is 0 Å². The number of aliphatic carboxylic acids is 1. The number of nitrogens with one attached hydrogen (secondary N) is 1. The first kappa shape index (κ1) is 14.4. The number of carboxylic acids is 1. The summed E-state index contributed by atoms with van der Waals surface area (Å²) in [6, 6.07) is 0. The van der Waals surface area contributed by atoms with E-state index in [9.17, 15) is 18.0 Å². The molecular formula is C9H13F3N4O2. The quantitative estimate of drug-likeness (QED) is 0.703. The molecule has 102 valence electrons. The molecular weight excluding hydrogens is 253 g/mol. The van der Waals surface area contributed by atoms with Crippen molar-refractivity contribution in [3.63, 3.8) is 0 Å². The normalized spacial score (nSPS) is 13.5. The molecule has 9 heteroatoms. The summed E-state index contributed by atoms with van der Waals surface area (Å²) in [5.74, 6) is -4.24. The number of carbonyl (C=O) groups is 1. The molecule has 18 heavy (non-hydrogen) atoms. The van der Waals surface area contributed by atoms with Gasteiger partial charge in [0, 0.05) is 19.3 Å². The van der Waals surface area contributed by atoms with Crippen molar-refractivity contribution in [2.24, 2.45) is 5.92 Å². The van der Waals surface area contributed by atoms with Crippen LogP contribution in [-0.4, -0.2) is 45.3 Å². The van der Waals surface area contributed by atoms with Crippen LogP contribution >= 0.6 is 0 Å². The van der Waals surface area contributed by atoms with Crippen LogP contribution in [0.25, 0.3) is 0 Å². The minimum Gasteiger partial charge on any atom is -0.481 e. The monoisotopic (exact) mass is 266 g/mol. The smallest absolute Gasteiger partial charge is 0.403 e. The number of aryl methyl sites for hydroxylation is 1. The second kappa shape index (κ2) is 6.34. The second-order valence-corrected chi connectivity index (χ2v) is 3.66. The highest BCUT2D eigenvalue weighted by Gasteiger charge is 2.44. The maximum absolute atomic E-state index is 12.3. The van der Waals surface area contributed by atoms with E-state index in [-0.39, 0.29) is 6.54 Å². The van der Waals surface area contributed by atoms with Crippen LogP contribution in [0.3, 0.4) is 0 Å². The van der Waals surface area contributed by atoms with Crippen LogP contribution in [0.15, 0.2) is 12.4 Å². The number of hydrogen-bond acceptors (Lipinski definition) is 4. The maximum Gasteiger partial charge on any atom is 0.403 e. The fraction of sp³-hybridized carbons (Fsp3) is 0.667. The molecule has 1 atom stereocenters. The molecule has 0 amide bonds. The summed E-state index contributed by atoms with van der Waals surface area (Å²) in [7, 11) is 0. The molecule has 0 aliphatic rings. The van der Waals surface area contributed by atoms with E-state index >= 15 is 0 Å². The third-order valence-electron chi connectivity index (χ3n) is 2.25. The number of nitrogens with zero attached hydrogens (tertiary/aromatic N) is 3. The number of rotatable bonds is 7. The summed E-state index contributed by atoms with van der Waals surface area (Å²) >= 11 is 0. The molecule has 0 saturated heterocycles. The zero-order valence-corrected chi connectivity index (χ0v) is 9.39. The Labute approximate surface area is 101 Å². The molecule has 0 spiro atoms. The van der Waals surface area contributed by atoms with Gasteiger partial charge in [-0.3, -0.25) is 9.48 Å². The van der Waals surface area contributed by atoms with E-state index in [1.165, 1.54) is 6.20 Å². The first-order valence-electron chi connectivity index (χ1n) is 5.25. The van der Waals surface area contributed by atoms with E-state index in [1.807, 2.05) is 0 Å². The molecule has 1 heterocycles. The summed E-state index contributed by atoms with van der Waals surface area (Å²) in [6.45, 7) is 0.159. The molecule has 0 aliphatic carbocycles. The highest BCUT2D eigenvalue weighted by molar-refractivity contribution is 5.71. The molecule has 0 radical (unpaired) electrons. The molecule has 2 N–H and O–H groups in total. The Kier molecular flexibility index (Phi) is 5.08. The van der Waals surface area contributed by atoms with Crippen molar-refractivity contribution >= 4 is 5.97 Å². The van der Waals surface area contributed by atoms with Crippen LogP contribution in [0.1, 0.15) is 6.42 Å². The molecule has 0 bridgehead atoms. The Balaban J connectivity index is 2.21. The van der Waals surface area contributed by atoms with Crippen molar-refractivity contribution in [3.05, 3.63) is 12.4 Å². The molecule has 1 aromatic rings. The lowest BCUT2D eigenvalue weighted by Gasteiger charge is -2.16. The zero-order valence-electron chi connectivity index (χ0n) is 9.39. The van der Waals surface area contributed by atoms with Gasteiger partial charge in [-0.1, -0.05) is 5.21 Å². The first-order chi connectivity index (χ1) is 8.41. The van der Waals surface area contributed by atoms with Gasteiger partial charge in [0.15, 0.2) is 5.92 Å². The Morgan fingerprint density at radius 3 is 2.72 bits per heavy atom. The van der Waals surface area contributed by atoms with Gasteiger partial charge in [-0.2, -0.15) is 13.2 Å². The Morgan fingerprint density at radius 1 is 1.50 bits per heavy atom. The van der Waals surface area contributed by atoms with Gasteiger partial charge in [-0.25, -0.2) is 0 Å². The van der Waals surface area contributed by atoms with Crippen LogP contribution in [0.4, 0.5) is 13.2 Å². The van der Waals surface area contributed by atoms with E-state index in [1.54, 1.807) is 10.9 Å². The highest BCUT2D eigenvalue weighted by atomic mass is 19.4. The van der Waals surface area contributed by atoms with Gasteiger partial charge < -0.3 is 10.4 Å². The van der Waals surface area contributed by atoms with Crippen molar-refractivity contribution < 1.29 is 23.1 Å². The number of alkyl halides is 3. The van der Waals surface area contributed by atoms with Gasteiger partial charge >= 0.3 is 12.1 Å². The van der Waals surface area contributed by atoms with E-state index in [0.29, 0.717) is 13.0 Å². The minimum absolute atomic E-state index is 0.278. The molecule has 1 aromatic heterocycles. The fourth-order valence-corrected chi connectivity index (χ4v) is 1.31. The lowest BCUT2D eigenvalue weighted by atomic mass is 10.1. The lowest BCUT2D eigenvalue weighted by molar-refractivity contribution is -0.192. The van der Waals surface area contributed by atoms with Crippen LogP contribution in [-0.2, 0) is 11.3 Å². The van der Waals surface area contributed by atoms with E-state index < -0.39 is 24.6 Å². The Morgan fingerprint density at radius 2 is 2.22 bits per heavy atom. The first-order valence-corrected chi connectivity index (χ1v) is 5.25. The molecule has 0 saturated carbocycles. The highest BCUT2D eigenvalue weighted by Crippen LogP contribution is 2.25. The molecule has 1 rings (SSSR count). The molecule has 0 aliphatic heterocycles. The molecule has 0 aromatic carbocycles. The summed E-state index contributed by atoms with van der Waals surface area (Å²) in [4.78, 5) is 10.4. The van der Waals surface area contributed by atoms with Gasteiger partial charge in [-0.15, -0.1) is 5.10 Å². The Bertz CT molecular complexity index is 366. The van der Waals surface area contributed by atoms with E-state index in [2.05, 4.69) is 15.6 Å². The topological polar surface area (TPSA) is 80.0 Å². The van der Waals surface area contributed by atoms with Crippen molar-refractivity contribution in [3.8, 4) is 0 Å². The van der Waals surface area contributed by atoms with Crippen molar-refractivity contribution in [1.29, 1.82) is 0 Å². The minimum atomic E-state index is -4.73. The van der Waals surface area contributed by atoms with Gasteiger partial charge in [0.2, 0.25) is 0 Å². The standard InChI is InChI=1S/C9H13F3N4O2/c10-9(11,12)7(8(17)18)6-13-2-1-4-16-5-3-14-15-16/h3,5,7,13H,1-2,4,6H2,(H,17,18). The largest absolute Gasteiger partial charge is 0.481 e. The van der Waals surface area contributed by atoms with E-state index in [4.69, 9.17) is 5.11 Å². The number of carboxylic acid groups (broad SMARTS) is 1. The number of aromatic nitrogens is 3. The van der Waals surface area contributed by atoms with Crippen LogP contribution in [0, 0.1) is 5.92 Å². The maximum atomic E-state index is 12.3. The van der Waals surface area contributed by atoms with Crippen molar-refractivity contribution in [2.75, 3.05) is 13.1 Å². The third-order valence-corrected chi connectivity index (χ3v) is 2.25. The van der Waals surface area contributed by atoms with Gasteiger partial charge in [0.05, 0.1) is 6.20 Å². The lowest BCUT2D eigenvalue weighted by Crippen LogP contribution is -2.39. The summed E-state index contributed by atoms with van der Waals surface area (Å²) in [5.41, 5.74) is 0. The average molecular weight is 266 g/mol. The summed E-state index contributed by atoms with van der Waals surface area (Å²) < 4.78 is 38.3. The van der Waals surface area contributed by atoms with Gasteiger partial charge in [-0.05, 0) is 13.0 Å². The van der Waals surface area contributed by atoms with E-state index in [0.717, 1.165) is 0 Å². The third kappa shape index (κ3) is 4.70. The molecule has 0 fully saturated rings. The Hall–Kier alpha value is -1.64. The van der Waals surface area contributed by atoms with Crippen molar-refractivity contribution in [2.45, 2.75) is 19.1 Å². The number of halogens is 3. The second-order valence-electron chi connectivity index (χ2n) is 3.66. The average Bonchev–Trinajstić information content (AvgIpc) is 2.73. The van der Waals surface area contributed by atoms with Crippen LogP contribution in [0.5, 0.6) is 0 Å². The molecule has 6 nitrogen and oxygen atoms in total. The van der Waals surface area contributed by atoms with Gasteiger partial charge in [0.25, 0.3) is 0 Å². The summed E-state index contributed by atoms with van der Waals surface area (Å²) in [6.07, 6.45) is -1.06. The van der Waals surface area contributed by atoms with Crippen LogP contribution < -0.4 is 5.32 Å². The van der Waals surface area contributed by atoms with Crippen LogP contribution in [0.2, 0.25) is 0 Å². The van der Waals surface area contributed by atoms with Crippen molar-refractivity contribution in [1.82, 2.24) is 20.3 Å².